The third-order valence-corrected chi connectivity index (χ3v) is 4.00. The maximum Gasteiger partial charge on any atom is 0.224 e. The first kappa shape index (κ1) is 16.6. The minimum atomic E-state index is 0.120. The Morgan fingerprint density at radius 3 is 1.95 bits per heavy atom. The summed E-state index contributed by atoms with van der Waals surface area (Å²) in [5, 5.41) is 3.59. The van der Waals surface area contributed by atoms with Gasteiger partial charge in [0.15, 0.2) is 0 Å². The standard InChI is InChI=1S/C13H16ClNO.C6H6/c14-11-5-7-12(8-6-11)15-13(16)9-10-3-1-2-4-10;1-2-4-6-5-3-1/h5-8,10H,1-4,9H2,(H,15,16);1-6H. The van der Waals surface area contributed by atoms with E-state index in [2.05, 4.69) is 5.32 Å². The van der Waals surface area contributed by atoms with Crippen LogP contribution < -0.4 is 5.32 Å². The zero-order valence-electron chi connectivity index (χ0n) is 12.7. The molecular weight excluding hydrogens is 294 g/mol. The van der Waals surface area contributed by atoms with Gasteiger partial charge in [0.1, 0.15) is 0 Å². The van der Waals surface area contributed by atoms with Crippen molar-refractivity contribution in [2.24, 2.45) is 5.92 Å². The molecule has 0 unspecified atom stereocenters. The third-order valence-electron chi connectivity index (χ3n) is 3.74. The minimum absolute atomic E-state index is 0.120. The Morgan fingerprint density at radius 1 is 0.955 bits per heavy atom. The van der Waals surface area contributed by atoms with Crippen molar-refractivity contribution in [1.82, 2.24) is 0 Å². The van der Waals surface area contributed by atoms with Crippen molar-refractivity contribution in [3.05, 3.63) is 65.7 Å². The van der Waals surface area contributed by atoms with Gasteiger partial charge in [0.2, 0.25) is 5.91 Å². The second kappa shape index (κ2) is 9.26. The summed E-state index contributed by atoms with van der Waals surface area (Å²) in [6.07, 6.45) is 5.61. The molecule has 0 atom stereocenters. The van der Waals surface area contributed by atoms with Crippen LogP contribution in [-0.2, 0) is 4.79 Å². The van der Waals surface area contributed by atoms with Gasteiger partial charge in [0, 0.05) is 17.1 Å². The summed E-state index contributed by atoms with van der Waals surface area (Å²) in [5.41, 5.74) is 0.826. The van der Waals surface area contributed by atoms with Crippen molar-refractivity contribution in [3.63, 3.8) is 0 Å². The number of carbonyl (C=O) groups is 1. The second-order valence-electron chi connectivity index (χ2n) is 5.56. The fourth-order valence-electron chi connectivity index (χ4n) is 2.61. The van der Waals surface area contributed by atoms with E-state index in [1.165, 1.54) is 25.7 Å². The first-order valence-electron chi connectivity index (χ1n) is 7.79. The number of nitrogens with one attached hydrogen (secondary N) is 1. The molecule has 0 heterocycles. The summed E-state index contributed by atoms with van der Waals surface area (Å²) in [4.78, 5) is 11.7. The average Bonchev–Trinajstić information content (AvgIpc) is 3.05. The highest BCUT2D eigenvalue weighted by atomic mass is 35.5. The number of carbonyl (C=O) groups excluding carboxylic acids is 1. The van der Waals surface area contributed by atoms with E-state index in [1.54, 1.807) is 12.1 Å². The zero-order valence-corrected chi connectivity index (χ0v) is 13.4. The lowest BCUT2D eigenvalue weighted by Gasteiger charge is -2.09. The van der Waals surface area contributed by atoms with Crippen LogP contribution in [0.1, 0.15) is 32.1 Å². The SMILES string of the molecule is O=C(CC1CCCC1)Nc1ccc(Cl)cc1.c1ccccc1. The molecule has 22 heavy (non-hydrogen) atoms. The van der Waals surface area contributed by atoms with Crippen LogP contribution in [0.3, 0.4) is 0 Å². The Bertz CT molecular complexity index is 521. The molecule has 2 nitrogen and oxygen atoms in total. The Morgan fingerprint density at radius 2 is 1.45 bits per heavy atom. The Kier molecular flexibility index (Phi) is 6.98. The second-order valence-corrected chi connectivity index (χ2v) is 6.00. The molecule has 116 valence electrons. The average molecular weight is 316 g/mol. The third kappa shape index (κ3) is 6.31. The number of hydrogen-bond donors (Lipinski definition) is 1. The van der Waals surface area contributed by atoms with Crippen LogP contribution in [0, 0.1) is 5.92 Å². The monoisotopic (exact) mass is 315 g/mol. The highest BCUT2D eigenvalue weighted by Gasteiger charge is 2.18. The van der Waals surface area contributed by atoms with E-state index in [9.17, 15) is 4.79 Å². The van der Waals surface area contributed by atoms with E-state index in [0.29, 0.717) is 17.4 Å². The van der Waals surface area contributed by atoms with Crippen molar-refractivity contribution in [1.29, 1.82) is 0 Å². The van der Waals surface area contributed by atoms with Crippen LogP contribution in [0.2, 0.25) is 5.02 Å². The van der Waals surface area contributed by atoms with Gasteiger partial charge in [-0.3, -0.25) is 4.79 Å². The maximum atomic E-state index is 11.7. The van der Waals surface area contributed by atoms with E-state index < -0.39 is 0 Å². The molecule has 0 aromatic heterocycles. The number of rotatable bonds is 3. The van der Waals surface area contributed by atoms with Crippen molar-refractivity contribution in [2.45, 2.75) is 32.1 Å². The summed E-state index contributed by atoms with van der Waals surface area (Å²) < 4.78 is 0. The molecular formula is C19H22ClNO. The van der Waals surface area contributed by atoms with Crippen LogP contribution in [0.4, 0.5) is 5.69 Å². The van der Waals surface area contributed by atoms with Crippen molar-refractivity contribution < 1.29 is 4.79 Å². The predicted molar refractivity (Wildman–Crippen MR) is 93.1 cm³/mol. The number of anilines is 1. The van der Waals surface area contributed by atoms with Gasteiger partial charge in [-0.2, -0.15) is 0 Å². The molecule has 1 aliphatic rings. The van der Waals surface area contributed by atoms with Crippen LogP contribution in [0.25, 0.3) is 0 Å². The molecule has 2 aromatic carbocycles. The van der Waals surface area contributed by atoms with E-state index in [4.69, 9.17) is 11.6 Å². The van der Waals surface area contributed by atoms with Gasteiger partial charge in [-0.1, -0.05) is 60.8 Å². The fourth-order valence-corrected chi connectivity index (χ4v) is 2.73. The molecule has 1 fully saturated rings. The number of amides is 1. The smallest absolute Gasteiger partial charge is 0.224 e. The summed E-state index contributed by atoms with van der Waals surface area (Å²) in [7, 11) is 0. The largest absolute Gasteiger partial charge is 0.326 e. The summed E-state index contributed by atoms with van der Waals surface area (Å²) >= 11 is 5.77. The maximum absolute atomic E-state index is 11.7. The summed E-state index contributed by atoms with van der Waals surface area (Å²) in [6.45, 7) is 0. The first-order chi connectivity index (χ1) is 10.7. The molecule has 0 radical (unpaired) electrons. The summed E-state index contributed by atoms with van der Waals surface area (Å²) in [5.74, 6) is 0.710. The lowest BCUT2D eigenvalue weighted by Crippen LogP contribution is -2.14. The van der Waals surface area contributed by atoms with Gasteiger partial charge in [-0.05, 0) is 43.0 Å². The topological polar surface area (TPSA) is 29.1 Å². The lowest BCUT2D eigenvalue weighted by molar-refractivity contribution is -0.117. The number of hydrogen-bond acceptors (Lipinski definition) is 1. The number of benzene rings is 2. The fraction of sp³-hybridized carbons (Fsp3) is 0.316. The molecule has 0 bridgehead atoms. The molecule has 0 saturated heterocycles. The lowest BCUT2D eigenvalue weighted by atomic mass is 10.0. The van der Waals surface area contributed by atoms with Gasteiger partial charge in [0.05, 0.1) is 0 Å². The van der Waals surface area contributed by atoms with Crippen LogP contribution in [0.15, 0.2) is 60.7 Å². The normalized spacial score (nSPS) is 14.0. The Labute approximate surface area is 137 Å². The molecule has 3 rings (SSSR count). The molecule has 0 spiro atoms. The van der Waals surface area contributed by atoms with Gasteiger partial charge in [-0.15, -0.1) is 0 Å². The van der Waals surface area contributed by atoms with Crippen molar-refractivity contribution in [3.8, 4) is 0 Å². The van der Waals surface area contributed by atoms with Crippen LogP contribution in [0.5, 0.6) is 0 Å². The Hall–Kier alpha value is -1.80. The van der Waals surface area contributed by atoms with E-state index in [1.807, 2.05) is 48.5 Å². The van der Waals surface area contributed by atoms with Crippen molar-refractivity contribution >= 4 is 23.2 Å². The molecule has 1 aliphatic carbocycles. The molecule has 3 heteroatoms. The molecule has 1 N–H and O–H groups in total. The van der Waals surface area contributed by atoms with Gasteiger partial charge >= 0.3 is 0 Å². The van der Waals surface area contributed by atoms with E-state index >= 15 is 0 Å². The van der Waals surface area contributed by atoms with Crippen LogP contribution >= 0.6 is 11.6 Å². The van der Waals surface area contributed by atoms with Gasteiger partial charge in [-0.25, -0.2) is 0 Å². The van der Waals surface area contributed by atoms with Crippen LogP contribution in [-0.4, -0.2) is 5.91 Å². The van der Waals surface area contributed by atoms with Crippen molar-refractivity contribution in [2.75, 3.05) is 5.32 Å². The highest BCUT2D eigenvalue weighted by Crippen LogP contribution is 2.27. The molecule has 0 aliphatic heterocycles. The number of halogens is 1. The first-order valence-corrected chi connectivity index (χ1v) is 8.17. The van der Waals surface area contributed by atoms with Gasteiger partial charge in [0.25, 0.3) is 0 Å². The molecule has 2 aromatic rings. The van der Waals surface area contributed by atoms with E-state index in [0.717, 1.165) is 5.69 Å². The van der Waals surface area contributed by atoms with E-state index in [-0.39, 0.29) is 5.91 Å². The minimum Gasteiger partial charge on any atom is -0.326 e. The quantitative estimate of drug-likeness (QED) is 0.791. The Balaban J connectivity index is 0.000000246. The highest BCUT2D eigenvalue weighted by molar-refractivity contribution is 6.30. The van der Waals surface area contributed by atoms with Gasteiger partial charge < -0.3 is 5.32 Å². The summed E-state index contributed by atoms with van der Waals surface area (Å²) in [6, 6.07) is 19.2. The molecule has 1 saturated carbocycles. The molecule has 1 amide bonds. The predicted octanol–water partition coefficient (Wildman–Crippen LogP) is 5.55. The zero-order chi connectivity index (χ0) is 15.6.